The fourth-order valence-corrected chi connectivity index (χ4v) is 1.60. The van der Waals surface area contributed by atoms with E-state index < -0.39 is 0 Å². The maximum absolute atomic E-state index is 11.0. The third-order valence-corrected chi connectivity index (χ3v) is 2.45. The zero-order valence-electron chi connectivity index (χ0n) is 7.88. The Labute approximate surface area is 92.7 Å². The summed E-state index contributed by atoms with van der Waals surface area (Å²) in [4.78, 5) is 11.0. The first-order valence-electron chi connectivity index (χ1n) is 4.38. The topological polar surface area (TPSA) is 17.1 Å². The Morgan fingerprint density at radius 2 is 1.85 bits per heavy atom. The maximum Gasteiger partial charge on any atom is 0.222 e. The van der Waals surface area contributed by atoms with Gasteiger partial charge in [-0.15, -0.1) is 0 Å². The highest BCUT2D eigenvalue weighted by molar-refractivity contribution is 14.1. The normalized spacial score (nSPS) is 10.5. The lowest BCUT2D eigenvalue weighted by Gasteiger charge is -2.04. The van der Waals surface area contributed by atoms with Crippen molar-refractivity contribution >= 4 is 26.4 Å². The van der Waals surface area contributed by atoms with Crippen LogP contribution in [0.1, 0.15) is 29.8 Å². The standard InChI is InChI=1S/C11H13IO/c1-8(2)7-9-3-5-10(6-4-9)11(12)13/h3-6,8H,7H2,1-2H3. The van der Waals surface area contributed by atoms with Gasteiger partial charge < -0.3 is 0 Å². The molecule has 0 fully saturated rings. The van der Waals surface area contributed by atoms with Crippen molar-refractivity contribution in [1.29, 1.82) is 0 Å². The molecule has 0 N–H and O–H groups in total. The molecule has 0 bridgehead atoms. The van der Waals surface area contributed by atoms with Crippen LogP contribution in [0.5, 0.6) is 0 Å². The summed E-state index contributed by atoms with van der Waals surface area (Å²) in [5.74, 6) is 0.668. The quantitative estimate of drug-likeness (QED) is 0.615. The van der Waals surface area contributed by atoms with Crippen molar-refractivity contribution in [1.82, 2.24) is 0 Å². The summed E-state index contributed by atoms with van der Waals surface area (Å²) < 4.78 is 0.105. The second-order valence-corrected chi connectivity index (χ2v) is 4.55. The van der Waals surface area contributed by atoms with Crippen molar-refractivity contribution in [2.24, 2.45) is 5.92 Å². The van der Waals surface area contributed by atoms with Gasteiger partial charge in [0.1, 0.15) is 0 Å². The van der Waals surface area contributed by atoms with Crippen LogP contribution in [0.2, 0.25) is 0 Å². The van der Waals surface area contributed by atoms with Crippen molar-refractivity contribution in [3.8, 4) is 0 Å². The molecule has 0 atom stereocenters. The Morgan fingerprint density at radius 1 is 1.31 bits per heavy atom. The second-order valence-electron chi connectivity index (χ2n) is 3.57. The molecule has 2 heteroatoms. The van der Waals surface area contributed by atoms with Crippen LogP contribution in [-0.4, -0.2) is 3.79 Å². The second kappa shape index (κ2) is 4.74. The summed E-state index contributed by atoms with van der Waals surface area (Å²) in [7, 11) is 0. The van der Waals surface area contributed by atoms with Crippen LogP contribution in [0.25, 0.3) is 0 Å². The minimum atomic E-state index is 0.105. The van der Waals surface area contributed by atoms with Gasteiger partial charge in [0.15, 0.2) is 0 Å². The first-order valence-corrected chi connectivity index (χ1v) is 5.46. The van der Waals surface area contributed by atoms with Gasteiger partial charge in [-0.25, -0.2) is 0 Å². The third kappa shape index (κ3) is 3.46. The first-order chi connectivity index (χ1) is 6.09. The largest absolute Gasteiger partial charge is 0.282 e. The minimum Gasteiger partial charge on any atom is -0.282 e. The van der Waals surface area contributed by atoms with Crippen LogP contribution in [0.15, 0.2) is 24.3 Å². The van der Waals surface area contributed by atoms with Gasteiger partial charge in [-0.05, 0) is 17.9 Å². The Kier molecular flexibility index (Phi) is 3.90. The van der Waals surface area contributed by atoms with E-state index in [9.17, 15) is 4.79 Å². The SMILES string of the molecule is CC(C)Cc1ccc(C(=O)I)cc1. The van der Waals surface area contributed by atoms with Crippen molar-refractivity contribution in [3.63, 3.8) is 0 Å². The van der Waals surface area contributed by atoms with E-state index in [1.807, 2.05) is 24.3 Å². The highest BCUT2D eigenvalue weighted by atomic mass is 127. The Bertz CT molecular complexity index is 287. The van der Waals surface area contributed by atoms with Crippen molar-refractivity contribution in [2.45, 2.75) is 20.3 Å². The molecule has 1 aromatic carbocycles. The summed E-state index contributed by atoms with van der Waals surface area (Å²) in [5.41, 5.74) is 2.09. The third-order valence-electron chi connectivity index (χ3n) is 1.82. The Balaban J connectivity index is 2.75. The highest BCUT2D eigenvalue weighted by Crippen LogP contribution is 2.11. The fourth-order valence-electron chi connectivity index (χ4n) is 1.24. The molecular weight excluding hydrogens is 275 g/mol. The predicted molar refractivity (Wildman–Crippen MR) is 63.3 cm³/mol. The molecule has 0 saturated carbocycles. The Morgan fingerprint density at radius 3 is 2.23 bits per heavy atom. The molecular formula is C11H13IO. The van der Waals surface area contributed by atoms with Gasteiger partial charge in [0.05, 0.1) is 0 Å². The van der Waals surface area contributed by atoms with Gasteiger partial charge >= 0.3 is 0 Å². The summed E-state index contributed by atoms with van der Waals surface area (Å²) in [6.07, 6.45) is 1.08. The van der Waals surface area contributed by atoms with Gasteiger partial charge in [-0.1, -0.05) is 38.1 Å². The summed E-state index contributed by atoms with van der Waals surface area (Å²) >= 11 is 1.81. The van der Waals surface area contributed by atoms with E-state index in [0.29, 0.717) is 5.92 Å². The number of halogens is 1. The van der Waals surface area contributed by atoms with Crippen LogP contribution in [0.4, 0.5) is 0 Å². The van der Waals surface area contributed by atoms with E-state index in [0.717, 1.165) is 12.0 Å². The van der Waals surface area contributed by atoms with E-state index in [4.69, 9.17) is 0 Å². The fraction of sp³-hybridized carbons (Fsp3) is 0.364. The number of hydrogen-bond donors (Lipinski definition) is 0. The summed E-state index contributed by atoms with van der Waals surface area (Å²) in [6.45, 7) is 4.38. The zero-order chi connectivity index (χ0) is 9.84. The van der Waals surface area contributed by atoms with Gasteiger partial charge in [-0.2, -0.15) is 0 Å². The molecule has 0 heterocycles. The molecule has 13 heavy (non-hydrogen) atoms. The van der Waals surface area contributed by atoms with Gasteiger partial charge in [0.25, 0.3) is 0 Å². The molecule has 1 rings (SSSR count). The zero-order valence-corrected chi connectivity index (χ0v) is 10.0. The number of rotatable bonds is 3. The molecule has 0 aliphatic rings. The van der Waals surface area contributed by atoms with Crippen LogP contribution in [-0.2, 0) is 6.42 Å². The van der Waals surface area contributed by atoms with Crippen LogP contribution >= 0.6 is 22.6 Å². The highest BCUT2D eigenvalue weighted by Gasteiger charge is 2.01. The lowest BCUT2D eigenvalue weighted by atomic mass is 10.0. The van der Waals surface area contributed by atoms with Crippen molar-refractivity contribution < 1.29 is 4.79 Å². The minimum absolute atomic E-state index is 0.105. The van der Waals surface area contributed by atoms with Gasteiger partial charge in [-0.3, -0.25) is 4.79 Å². The van der Waals surface area contributed by atoms with Crippen LogP contribution in [0.3, 0.4) is 0 Å². The number of carbonyl (C=O) groups excluding carboxylic acids is 1. The number of benzene rings is 1. The Hall–Kier alpha value is -0.380. The van der Waals surface area contributed by atoms with Crippen molar-refractivity contribution in [3.05, 3.63) is 35.4 Å². The van der Waals surface area contributed by atoms with E-state index in [1.54, 1.807) is 22.6 Å². The molecule has 0 amide bonds. The van der Waals surface area contributed by atoms with E-state index in [-0.39, 0.29) is 3.79 Å². The summed E-state index contributed by atoms with van der Waals surface area (Å²) in [5, 5.41) is 0. The number of carbonyl (C=O) groups is 1. The monoisotopic (exact) mass is 288 g/mol. The first kappa shape index (κ1) is 10.7. The molecule has 0 aliphatic heterocycles. The molecule has 0 aliphatic carbocycles. The van der Waals surface area contributed by atoms with Crippen molar-refractivity contribution in [2.75, 3.05) is 0 Å². The van der Waals surface area contributed by atoms with E-state index in [2.05, 4.69) is 13.8 Å². The smallest absolute Gasteiger partial charge is 0.222 e. The average molecular weight is 288 g/mol. The van der Waals surface area contributed by atoms with E-state index in [1.165, 1.54) is 5.56 Å². The molecule has 70 valence electrons. The predicted octanol–water partition coefficient (Wildman–Crippen LogP) is 3.46. The van der Waals surface area contributed by atoms with Crippen LogP contribution < -0.4 is 0 Å². The number of hydrogen-bond acceptors (Lipinski definition) is 1. The maximum atomic E-state index is 11.0. The van der Waals surface area contributed by atoms with E-state index >= 15 is 0 Å². The molecule has 0 aromatic heterocycles. The lowest BCUT2D eigenvalue weighted by Crippen LogP contribution is -1.95. The average Bonchev–Trinajstić information content (AvgIpc) is 2.04. The molecule has 0 radical (unpaired) electrons. The van der Waals surface area contributed by atoms with Crippen LogP contribution in [0, 0.1) is 5.92 Å². The molecule has 0 saturated heterocycles. The van der Waals surface area contributed by atoms with Gasteiger partial charge in [0, 0.05) is 28.2 Å². The van der Waals surface area contributed by atoms with Gasteiger partial charge in [0.2, 0.25) is 3.79 Å². The lowest BCUT2D eigenvalue weighted by molar-refractivity contribution is 0.110. The molecule has 1 aromatic rings. The molecule has 1 nitrogen and oxygen atoms in total. The summed E-state index contributed by atoms with van der Waals surface area (Å²) in [6, 6.07) is 7.86. The molecule has 0 unspecified atom stereocenters. The molecule has 0 spiro atoms.